The summed E-state index contributed by atoms with van der Waals surface area (Å²) in [7, 11) is 2.07. The minimum Gasteiger partial charge on any atom is -0.387 e. The van der Waals surface area contributed by atoms with Crippen LogP contribution < -0.4 is 4.90 Å². The lowest BCUT2D eigenvalue weighted by atomic mass is 9.92. The highest BCUT2D eigenvalue weighted by molar-refractivity contribution is 5.47. The molecule has 0 radical (unpaired) electrons. The number of likely N-dealkylation sites (N-methyl/N-ethyl adjacent to an activating group) is 1. The van der Waals surface area contributed by atoms with Gasteiger partial charge in [-0.05, 0) is 38.6 Å². The fourth-order valence-corrected chi connectivity index (χ4v) is 3.74. The molecule has 3 rings (SSSR count). The van der Waals surface area contributed by atoms with Gasteiger partial charge in [0.05, 0.1) is 11.3 Å². The molecule has 122 valence electrons. The number of piperidine rings is 1. The maximum absolute atomic E-state index is 13.8. The second kappa shape index (κ2) is 6.52. The number of nitrogens with zero attached hydrogens (tertiary/aromatic N) is 3. The molecular weight excluding hydrogens is 281 g/mol. The van der Waals surface area contributed by atoms with Crippen LogP contribution >= 0.6 is 0 Å². The first-order valence-corrected chi connectivity index (χ1v) is 8.19. The van der Waals surface area contributed by atoms with Gasteiger partial charge in [-0.25, -0.2) is 4.39 Å². The van der Waals surface area contributed by atoms with E-state index in [1.165, 1.54) is 6.07 Å². The van der Waals surface area contributed by atoms with Crippen LogP contribution in [0.3, 0.4) is 0 Å². The Balaban J connectivity index is 1.55. The van der Waals surface area contributed by atoms with Crippen molar-refractivity contribution in [1.29, 1.82) is 0 Å². The summed E-state index contributed by atoms with van der Waals surface area (Å²) in [5.41, 5.74) is 0.103. The topological polar surface area (TPSA) is 30.0 Å². The third kappa shape index (κ3) is 3.59. The minimum absolute atomic E-state index is 0.150. The molecule has 1 N–H and O–H groups in total. The maximum atomic E-state index is 13.8. The normalized spacial score (nSPS) is 28.0. The Bertz CT molecular complexity index is 504. The molecule has 0 saturated carbocycles. The highest BCUT2D eigenvalue weighted by atomic mass is 19.1. The number of likely N-dealkylation sites (tertiary alicyclic amines) is 1. The minimum atomic E-state index is -0.590. The van der Waals surface area contributed by atoms with Gasteiger partial charge in [-0.15, -0.1) is 0 Å². The number of anilines is 1. The molecule has 0 bridgehead atoms. The lowest BCUT2D eigenvalue weighted by Crippen LogP contribution is -2.57. The number of halogens is 1. The first-order valence-electron chi connectivity index (χ1n) is 8.19. The van der Waals surface area contributed by atoms with Crippen LogP contribution in [0.15, 0.2) is 24.3 Å². The van der Waals surface area contributed by atoms with Crippen LogP contribution in [0, 0.1) is 5.82 Å². The number of piperazine rings is 1. The van der Waals surface area contributed by atoms with E-state index >= 15 is 0 Å². The lowest BCUT2D eigenvalue weighted by Gasteiger charge is -2.43. The van der Waals surface area contributed by atoms with E-state index in [9.17, 15) is 9.50 Å². The van der Waals surface area contributed by atoms with Gasteiger partial charge >= 0.3 is 0 Å². The molecule has 2 saturated heterocycles. The molecule has 2 heterocycles. The predicted octanol–water partition coefficient (Wildman–Crippen LogP) is 1.40. The number of hydrogen-bond acceptors (Lipinski definition) is 4. The zero-order valence-corrected chi connectivity index (χ0v) is 13.3. The van der Waals surface area contributed by atoms with Crippen LogP contribution in [-0.2, 0) is 0 Å². The third-order valence-electron chi connectivity index (χ3n) is 4.83. The van der Waals surface area contributed by atoms with Gasteiger partial charge in [0.15, 0.2) is 0 Å². The molecule has 2 aliphatic heterocycles. The van der Waals surface area contributed by atoms with Crippen LogP contribution in [0.2, 0.25) is 0 Å². The first kappa shape index (κ1) is 15.7. The molecule has 0 aliphatic carbocycles. The van der Waals surface area contributed by atoms with E-state index in [1.807, 2.05) is 12.1 Å². The van der Waals surface area contributed by atoms with Gasteiger partial charge < -0.3 is 14.9 Å². The van der Waals surface area contributed by atoms with Gasteiger partial charge in [-0.1, -0.05) is 12.1 Å². The van der Waals surface area contributed by atoms with Gasteiger partial charge in [0, 0.05) is 39.3 Å². The fourth-order valence-electron chi connectivity index (χ4n) is 3.74. The van der Waals surface area contributed by atoms with Gasteiger partial charge in [-0.3, -0.25) is 4.90 Å². The lowest BCUT2D eigenvalue weighted by molar-refractivity contribution is -0.0478. The number of para-hydroxylation sites is 1. The average Bonchev–Trinajstić information content (AvgIpc) is 2.48. The number of β-amino-alcohol motifs (C(OH)–C–C–N with tert-alkyl or cyclic N) is 1. The molecule has 22 heavy (non-hydrogen) atoms. The van der Waals surface area contributed by atoms with Crippen molar-refractivity contribution in [1.82, 2.24) is 9.80 Å². The van der Waals surface area contributed by atoms with E-state index in [0.29, 0.717) is 5.69 Å². The average molecular weight is 307 g/mol. The van der Waals surface area contributed by atoms with Crippen molar-refractivity contribution in [3.63, 3.8) is 0 Å². The monoisotopic (exact) mass is 307 g/mol. The Kier molecular flexibility index (Phi) is 4.66. The Labute approximate surface area is 132 Å². The summed E-state index contributed by atoms with van der Waals surface area (Å²) >= 11 is 0. The van der Waals surface area contributed by atoms with E-state index in [-0.39, 0.29) is 5.82 Å². The molecule has 2 fully saturated rings. The second-order valence-corrected chi connectivity index (χ2v) is 6.78. The highest BCUT2D eigenvalue weighted by Gasteiger charge is 2.34. The van der Waals surface area contributed by atoms with Crippen molar-refractivity contribution in [2.75, 3.05) is 57.8 Å². The zero-order chi connectivity index (χ0) is 15.6. The number of rotatable bonds is 3. The summed E-state index contributed by atoms with van der Waals surface area (Å²) in [4.78, 5) is 6.62. The van der Waals surface area contributed by atoms with Crippen LogP contribution in [-0.4, -0.2) is 73.4 Å². The molecule has 1 atom stereocenters. The van der Waals surface area contributed by atoms with Crippen LogP contribution in [0.5, 0.6) is 0 Å². The summed E-state index contributed by atoms with van der Waals surface area (Å²) in [5, 5.41) is 10.8. The molecule has 1 aromatic rings. The van der Waals surface area contributed by atoms with E-state index in [4.69, 9.17) is 0 Å². The quantitative estimate of drug-likeness (QED) is 0.914. The van der Waals surface area contributed by atoms with E-state index in [1.54, 1.807) is 6.07 Å². The second-order valence-electron chi connectivity index (χ2n) is 6.78. The zero-order valence-electron chi connectivity index (χ0n) is 13.3. The van der Waals surface area contributed by atoms with Crippen LogP contribution in [0.25, 0.3) is 0 Å². The van der Waals surface area contributed by atoms with Crippen LogP contribution in [0.1, 0.15) is 12.8 Å². The molecule has 0 unspecified atom stereocenters. The number of hydrogen-bond donors (Lipinski definition) is 1. The fraction of sp³-hybridized carbons (Fsp3) is 0.647. The molecule has 4 nitrogen and oxygen atoms in total. The van der Waals surface area contributed by atoms with E-state index in [0.717, 1.165) is 58.7 Å². The largest absolute Gasteiger partial charge is 0.387 e. The molecule has 0 amide bonds. The van der Waals surface area contributed by atoms with Gasteiger partial charge in [0.2, 0.25) is 0 Å². The number of aliphatic hydroxyl groups is 1. The van der Waals surface area contributed by atoms with Crippen LogP contribution in [0.4, 0.5) is 10.1 Å². The summed E-state index contributed by atoms with van der Waals surface area (Å²) in [5.74, 6) is -0.150. The molecule has 0 spiro atoms. The Hall–Kier alpha value is -1.17. The van der Waals surface area contributed by atoms with Crippen molar-refractivity contribution in [3.8, 4) is 0 Å². The van der Waals surface area contributed by atoms with Crippen molar-refractivity contribution >= 4 is 5.69 Å². The SMILES string of the molecule is CN1CCC[C@@](O)(CN2CCN(c3ccccc3F)CC2)C1. The summed E-state index contributed by atoms with van der Waals surface area (Å²) in [6.07, 6.45) is 1.94. The molecule has 0 aromatic heterocycles. The van der Waals surface area contributed by atoms with Gasteiger partial charge in [-0.2, -0.15) is 0 Å². The van der Waals surface area contributed by atoms with E-state index < -0.39 is 5.60 Å². The maximum Gasteiger partial charge on any atom is 0.146 e. The summed E-state index contributed by atoms with van der Waals surface area (Å²) < 4.78 is 13.8. The predicted molar refractivity (Wildman–Crippen MR) is 86.7 cm³/mol. The van der Waals surface area contributed by atoms with Crippen molar-refractivity contribution in [3.05, 3.63) is 30.1 Å². The van der Waals surface area contributed by atoms with E-state index in [2.05, 4.69) is 21.7 Å². The summed E-state index contributed by atoms with van der Waals surface area (Å²) in [6.45, 7) is 5.92. The Morgan fingerprint density at radius 2 is 1.86 bits per heavy atom. The third-order valence-corrected chi connectivity index (χ3v) is 4.83. The van der Waals surface area contributed by atoms with Crippen molar-refractivity contribution in [2.45, 2.75) is 18.4 Å². The summed E-state index contributed by atoms with van der Waals surface area (Å²) in [6, 6.07) is 6.96. The molecule has 1 aromatic carbocycles. The smallest absolute Gasteiger partial charge is 0.146 e. The Morgan fingerprint density at radius 1 is 1.14 bits per heavy atom. The van der Waals surface area contributed by atoms with Gasteiger partial charge in [0.25, 0.3) is 0 Å². The standard InChI is InChI=1S/C17H26FN3O/c1-19-8-4-7-17(22,13-19)14-20-9-11-21(12-10-20)16-6-3-2-5-15(16)18/h2-3,5-6,22H,4,7-14H2,1H3/t17-/m0/s1. The van der Waals surface area contributed by atoms with Crippen molar-refractivity contribution < 1.29 is 9.50 Å². The highest BCUT2D eigenvalue weighted by Crippen LogP contribution is 2.24. The van der Waals surface area contributed by atoms with Crippen molar-refractivity contribution in [2.24, 2.45) is 0 Å². The molecule has 2 aliphatic rings. The first-order chi connectivity index (χ1) is 10.6. The van der Waals surface area contributed by atoms with Gasteiger partial charge in [0.1, 0.15) is 5.82 Å². The molecule has 5 heteroatoms. The molecular formula is C17H26FN3O. The Morgan fingerprint density at radius 3 is 2.55 bits per heavy atom. The number of benzene rings is 1.